The molecule has 2 rings (SSSR count). The van der Waals surface area contributed by atoms with Crippen molar-refractivity contribution in [1.82, 2.24) is 0 Å². The van der Waals surface area contributed by atoms with Gasteiger partial charge in [-0.05, 0) is 78.3 Å². The van der Waals surface area contributed by atoms with Gasteiger partial charge >= 0.3 is 0 Å². The van der Waals surface area contributed by atoms with Crippen molar-refractivity contribution in [3.05, 3.63) is 56.7 Å². The molecule has 110 valence electrons. The minimum atomic E-state index is -0.151. The van der Waals surface area contributed by atoms with Crippen molar-refractivity contribution in [2.75, 3.05) is 11.9 Å². The molecule has 3 nitrogen and oxygen atoms in total. The molecule has 1 amide bonds. The summed E-state index contributed by atoms with van der Waals surface area (Å²) in [6.45, 7) is 5.94. The highest BCUT2D eigenvalue weighted by Crippen LogP contribution is 2.22. The van der Waals surface area contributed by atoms with Crippen LogP contribution in [-0.4, -0.2) is 12.5 Å². The second kappa shape index (κ2) is 6.93. The van der Waals surface area contributed by atoms with Crippen molar-refractivity contribution in [2.24, 2.45) is 0 Å². The summed E-state index contributed by atoms with van der Waals surface area (Å²) in [5.74, 6) is 0.633. The first-order valence-corrected chi connectivity index (χ1v) is 7.80. The largest absolute Gasteiger partial charge is 0.483 e. The fraction of sp³-hybridized carbons (Fsp3) is 0.235. The van der Waals surface area contributed by atoms with E-state index in [0.717, 1.165) is 31.7 Å². The van der Waals surface area contributed by atoms with Crippen LogP contribution >= 0.6 is 22.6 Å². The van der Waals surface area contributed by atoms with E-state index in [2.05, 4.69) is 27.9 Å². The zero-order chi connectivity index (χ0) is 15.4. The van der Waals surface area contributed by atoms with E-state index < -0.39 is 0 Å². The Morgan fingerprint density at radius 1 is 1.10 bits per heavy atom. The van der Waals surface area contributed by atoms with Crippen molar-refractivity contribution in [3.63, 3.8) is 0 Å². The van der Waals surface area contributed by atoms with Gasteiger partial charge in [-0.3, -0.25) is 4.79 Å². The fourth-order valence-electron chi connectivity index (χ4n) is 2.12. The Morgan fingerprint density at radius 3 is 2.38 bits per heavy atom. The van der Waals surface area contributed by atoms with Crippen LogP contribution in [0.2, 0.25) is 0 Å². The van der Waals surface area contributed by atoms with Crippen molar-refractivity contribution in [1.29, 1.82) is 0 Å². The average Bonchev–Trinajstić information content (AvgIpc) is 2.41. The molecule has 0 aliphatic rings. The summed E-state index contributed by atoms with van der Waals surface area (Å²) in [5.41, 5.74) is 3.94. The SMILES string of the molecule is Cc1cc(I)ccc1NC(=O)COc1c(C)cccc1C. The van der Waals surface area contributed by atoms with Crippen LogP contribution in [0.25, 0.3) is 0 Å². The number of rotatable bonds is 4. The molecule has 0 heterocycles. The van der Waals surface area contributed by atoms with Crippen LogP contribution < -0.4 is 10.1 Å². The first-order valence-electron chi connectivity index (χ1n) is 6.72. The van der Waals surface area contributed by atoms with Gasteiger partial charge in [-0.2, -0.15) is 0 Å². The summed E-state index contributed by atoms with van der Waals surface area (Å²) >= 11 is 2.25. The number of hydrogen-bond donors (Lipinski definition) is 1. The van der Waals surface area contributed by atoms with Crippen molar-refractivity contribution in [3.8, 4) is 5.75 Å². The van der Waals surface area contributed by atoms with Crippen LogP contribution in [0, 0.1) is 24.3 Å². The number of carbonyl (C=O) groups excluding carboxylic acids is 1. The van der Waals surface area contributed by atoms with Gasteiger partial charge in [-0.25, -0.2) is 0 Å². The molecular formula is C17H18INO2. The van der Waals surface area contributed by atoms with Gasteiger partial charge in [0, 0.05) is 9.26 Å². The Kier molecular flexibility index (Phi) is 5.22. The summed E-state index contributed by atoms with van der Waals surface area (Å²) in [6, 6.07) is 11.8. The molecule has 0 saturated carbocycles. The van der Waals surface area contributed by atoms with Crippen LogP contribution in [0.1, 0.15) is 16.7 Å². The van der Waals surface area contributed by atoms with E-state index in [1.165, 1.54) is 0 Å². The van der Waals surface area contributed by atoms with Gasteiger partial charge in [0.1, 0.15) is 5.75 Å². The molecule has 0 aliphatic heterocycles. The summed E-state index contributed by atoms with van der Waals surface area (Å²) in [7, 11) is 0. The lowest BCUT2D eigenvalue weighted by atomic mass is 10.1. The van der Waals surface area contributed by atoms with Crippen LogP contribution in [0.4, 0.5) is 5.69 Å². The predicted octanol–water partition coefficient (Wildman–Crippen LogP) is 4.23. The Morgan fingerprint density at radius 2 is 1.76 bits per heavy atom. The average molecular weight is 395 g/mol. The Balaban J connectivity index is 1.99. The van der Waals surface area contributed by atoms with Gasteiger partial charge in [-0.1, -0.05) is 18.2 Å². The minimum Gasteiger partial charge on any atom is -0.483 e. The standard InChI is InChI=1S/C17H18INO2/c1-11-5-4-6-12(2)17(11)21-10-16(20)19-15-8-7-14(18)9-13(15)3/h4-9H,10H2,1-3H3,(H,19,20). The molecule has 0 saturated heterocycles. The van der Waals surface area contributed by atoms with Crippen LogP contribution in [0.15, 0.2) is 36.4 Å². The highest BCUT2D eigenvalue weighted by atomic mass is 127. The number of nitrogens with one attached hydrogen (secondary N) is 1. The lowest BCUT2D eigenvalue weighted by Gasteiger charge is -2.13. The van der Waals surface area contributed by atoms with Gasteiger partial charge in [0.25, 0.3) is 5.91 Å². The molecule has 0 aromatic heterocycles. The fourth-order valence-corrected chi connectivity index (χ4v) is 2.77. The minimum absolute atomic E-state index is 0.0110. The first-order chi connectivity index (χ1) is 9.97. The maximum atomic E-state index is 12.0. The lowest BCUT2D eigenvalue weighted by molar-refractivity contribution is -0.118. The van der Waals surface area contributed by atoms with Gasteiger partial charge in [0.15, 0.2) is 6.61 Å². The van der Waals surface area contributed by atoms with E-state index in [1.807, 2.05) is 57.2 Å². The molecule has 0 fully saturated rings. The van der Waals surface area contributed by atoms with E-state index in [1.54, 1.807) is 0 Å². The highest BCUT2D eigenvalue weighted by Gasteiger charge is 2.08. The second-order valence-corrected chi connectivity index (χ2v) is 6.26. The zero-order valence-corrected chi connectivity index (χ0v) is 14.5. The molecule has 0 atom stereocenters. The monoisotopic (exact) mass is 395 g/mol. The third-order valence-corrected chi connectivity index (χ3v) is 3.89. The molecule has 0 spiro atoms. The predicted molar refractivity (Wildman–Crippen MR) is 93.9 cm³/mol. The molecule has 1 N–H and O–H groups in total. The number of para-hydroxylation sites is 1. The van der Waals surface area contributed by atoms with Crippen molar-refractivity contribution < 1.29 is 9.53 Å². The number of halogens is 1. The van der Waals surface area contributed by atoms with E-state index >= 15 is 0 Å². The number of aryl methyl sites for hydroxylation is 3. The molecule has 0 unspecified atom stereocenters. The van der Waals surface area contributed by atoms with E-state index in [9.17, 15) is 4.79 Å². The summed E-state index contributed by atoms with van der Waals surface area (Å²) < 4.78 is 6.80. The topological polar surface area (TPSA) is 38.3 Å². The van der Waals surface area contributed by atoms with Gasteiger partial charge in [0.2, 0.25) is 0 Å². The number of benzene rings is 2. The smallest absolute Gasteiger partial charge is 0.262 e. The van der Waals surface area contributed by atoms with Crippen molar-refractivity contribution >= 4 is 34.2 Å². The van der Waals surface area contributed by atoms with Gasteiger partial charge in [0.05, 0.1) is 0 Å². The van der Waals surface area contributed by atoms with Crippen molar-refractivity contribution in [2.45, 2.75) is 20.8 Å². The molecule has 0 bridgehead atoms. The highest BCUT2D eigenvalue weighted by molar-refractivity contribution is 14.1. The zero-order valence-electron chi connectivity index (χ0n) is 12.4. The third kappa shape index (κ3) is 4.20. The maximum Gasteiger partial charge on any atom is 0.262 e. The second-order valence-electron chi connectivity index (χ2n) is 5.02. The maximum absolute atomic E-state index is 12.0. The third-order valence-electron chi connectivity index (χ3n) is 3.22. The van der Waals surface area contributed by atoms with Crippen LogP contribution in [0.3, 0.4) is 0 Å². The Hall–Kier alpha value is -1.56. The Labute approximate surface area is 138 Å². The van der Waals surface area contributed by atoms with Crippen LogP contribution in [-0.2, 0) is 4.79 Å². The Bertz CT molecular complexity index is 648. The summed E-state index contributed by atoms with van der Waals surface area (Å²) in [5, 5.41) is 2.88. The van der Waals surface area contributed by atoms with Gasteiger partial charge < -0.3 is 10.1 Å². The molecule has 2 aromatic rings. The number of ether oxygens (including phenoxy) is 1. The molecule has 0 radical (unpaired) electrons. The molecule has 0 aliphatic carbocycles. The van der Waals surface area contributed by atoms with E-state index in [4.69, 9.17) is 4.74 Å². The molecule has 21 heavy (non-hydrogen) atoms. The number of hydrogen-bond acceptors (Lipinski definition) is 2. The van der Waals surface area contributed by atoms with E-state index in [-0.39, 0.29) is 12.5 Å². The number of amides is 1. The lowest BCUT2D eigenvalue weighted by Crippen LogP contribution is -2.21. The molecule has 4 heteroatoms. The number of anilines is 1. The normalized spacial score (nSPS) is 10.3. The molecular weight excluding hydrogens is 377 g/mol. The summed E-state index contributed by atoms with van der Waals surface area (Å²) in [4.78, 5) is 12.0. The summed E-state index contributed by atoms with van der Waals surface area (Å²) in [6.07, 6.45) is 0. The number of carbonyl (C=O) groups is 1. The van der Waals surface area contributed by atoms with Gasteiger partial charge in [-0.15, -0.1) is 0 Å². The van der Waals surface area contributed by atoms with E-state index in [0.29, 0.717) is 0 Å². The van der Waals surface area contributed by atoms with Crippen LogP contribution in [0.5, 0.6) is 5.75 Å². The first kappa shape index (κ1) is 15.8. The quantitative estimate of drug-likeness (QED) is 0.787. The molecule has 2 aromatic carbocycles.